The fraction of sp³-hybridized carbons (Fsp3) is 0.600. The summed E-state index contributed by atoms with van der Waals surface area (Å²) in [5, 5.41) is 12.5. The number of hydrogen-bond acceptors (Lipinski definition) is 8. The van der Waals surface area contributed by atoms with Gasteiger partial charge in [-0.25, -0.2) is 4.79 Å². The molecule has 33 heavy (non-hydrogen) atoms. The lowest BCUT2D eigenvalue weighted by Crippen LogP contribution is -2.81. The van der Waals surface area contributed by atoms with Gasteiger partial charge in [-0.1, -0.05) is 25.1 Å². The molecule has 1 aromatic rings. The first-order valence-corrected chi connectivity index (χ1v) is 11.5. The topological polar surface area (TPSA) is 88.5 Å². The molecule has 1 aromatic carbocycles. The molecule has 3 aliphatic heterocycles. The number of aliphatic hydroxyl groups is 1. The monoisotopic (exact) mass is 456 g/mol. The molecule has 8 nitrogen and oxygen atoms in total. The summed E-state index contributed by atoms with van der Waals surface area (Å²) in [6.07, 6.45) is 4.40. The van der Waals surface area contributed by atoms with Crippen molar-refractivity contribution in [3.63, 3.8) is 0 Å². The van der Waals surface area contributed by atoms with E-state index >= 15 is 0 Å². The normalized spacial score (nSPS) is 38.4. The number of hydrogen-bond donors (Lipinski definition) is 1. The second-order valence-electron chi connectivity index (χ2n) is 9.76. The van der Waals surface area contributed by atoms with E-state index in [1.807, 2.05) is 31.0 Å². The van der Waals surface area contributed by atoms with Crippen LogP contribution in [0.1, 0.15) is 32.3 Å². The maximum absolute atomic E-state index is 13.5. The molecule has 2 fully saturated rings. The van der Waals surface area contributed by atoms with Crippen LogP contribution in [0.2, 0.25) is 0 Å². The van der Waals surface area contributed by atoms with Gasteiger partial charge in [-0.3, -0.25) is 9.69 Å². The van der Waals surface area contributed by atoms with Gasteiger partial charge in [-0.15, -0.1) is 0 Å². The number of fused-ring (bicyclic) bond motifs is 1. The number of nitrogens with zero attached hydrogens (tertiary/aromatic N) is 2. The summed E-state index contributed by atoms with van der Waals surface area (Å²) in [5.74, 6) is -0.617. The summed E-state index contributed by atoms with van der Waals surface area (Å²) >= 11 is 0. The zero-order valence-electron chi connectivity index (χ0n) is 19.8. The van der Waals surface area contributed by atoms with Crippen molar-refractivity contribution >= 4 is 17.6 Å². The van der Waals surface area contributed by atoms with E-state index in [-0.39, 0.29) is 6.04 Å². The Hall–Kier alpha value is -2.58. The smallest absolute Gasteiger partial charge is 0.344 e. The molecule has 1 saturated heterocycles. The molecule has 5 rings (SSSR count). The number of carbonyl (C=O) groups is 2. The van der Waals surface area contributed by atoms with Crippen LogP contribution in [0.4, 0.5) is 5.69 Å². The molecule has 1 N–H and O–H groups in total. The molecule has 178 valence electrons. The highest BCUT2D eigenvalue weighted by Crippen LogP contribution is 2.67. The summed E-state index contributed by atoms with van der Waals surface area (Å²) in [6.45, 7) is 4.94. The van der Waals surface area contributed by atoms with Gasteiger partial charge in [0.05, 0.1) is 20.3 Å². The van der Waals surface area contributed by atoms with Crippen LogP contribution in [-0.2, 0) is 24.5 Å². The highest BCUT2D eigenvalue weighted by atomic mass is 16.6. The molecule has 1 spiro atoms. The molecule has 1 aliphatic carbocycles. The largest absolute Gasteiger partial charge is 0.497 e. The number of esters is 2. The van der Waals surface area contributed by atoms with E-state index in [9.17, 15) is 14.7 Å². The summed E-state index contributed by atoms with van der Waals surface area (Å²) < 4.78 is 16.6. The number of benzene rings is 1. The van der Waals surface area contributed by atoms with E-state index in [1.54, 1.807) is 7.11 Å². The number of carbonyl (C=O) groups excluding carboxylic acids is 2. The van der Waals surface area contributed by atoms with Gasteiger partial charge in [0.15, 0.2) is 6.10 Å². The highest BCUT2D eigenvalue weighted by molar-refractivity contribution is 5.87. The van der Waals surface area contributed by atoms with Crippen molar-refractivity contribution in [2.75, 3.05) is 39.3 Å². The van der Waals surface area contributed by atoms with Crippen molar-refractivity contribution in [3.8, 4) is 5.75 Å². The van der Waals surface area contributed by atoms with Crippen LogP contribution in [0.3, 0.4) is 0 Å². The van der Waals surface area contributed by atoms with Gasteiger partial charge in [0.25, 0.3) is 0 Å². The number of ether oxygens (including phenoxy) is 3. The van der Waals surface area contributed by atoms with Crippen LogP contribution >= 0.6 is 0 Å². The predicted molar refractivity (Wildman–Crippen MR) is 121 cm³/mol. The van der Waals surface area contributed by atoms with Crippen LogP contribution < -0.4 is 9.64 Å². The minimum Gasteiger partial charge on any atom is -0.497 e. The Morgan fingerprint density at radius 2 is 2.00 bits per heavy atom. The molecule has 0 aromatic heterocycles. The quantitative estimate of drug-likeness (QED) is 0.541. The molecule has 0 radical (unpaired) electrons. The lowest BCUT2D eigenvalue weighted by molar-refractivity contribution is -0.228. The number of rotatable bonds is 4. The van der Waals surface area contributed by atoms with Crippen molar-refractivity contribution in [1.82, 2.24) is 4.90 Å². The van der Waals surface area contributed by atoms with Gasteiger partial charge in [-0.05, 0) is 31.0 Å². The van der Waals surface area contributed by atoms with E-state index in [0.29, 0.717) is 12.2 Å². The summed E-state index contributed by atoms with van der Waals surface area (Å²) in [6, 6.07) is 5.22. The van der Waals surface area contributed by atoms with Crippen molar-refractivity contribution in [1.29, 1.82) is 0 Å². The molecule has 2 unspecified atom stereocenters. The summed E-state index contributed by atoms with van der Waals surface area (Å²) in [4.78, 5) is 30.2. The van der Waals surface area contributed by atoms with Gasteiger partial charge in [0.2, 0.25) is 5.60 Å². The van der Waals surface area contributed by atoms with Crippen molar-refractivity contribution in [2.45, 2.75) is 55.9 Å². The molecule has 6 atom stereocenters. The zero-order valence-corrected chi connectivity index (χ0v) is 19.8. The Morgan fingerprint density at radius 3 is 2.64 bits per heavy atom. The van der Waals surface area contributed by atoms with Crippen molar-refractivity contribution in [3.05, 3.63) is 35.9 Å². The maximum Gasteiger partial charge on any atom is 0.344 e. The number of methoxy groups -OCH3 is 2. The Balaban J connectivity index is 1.86. The number of anilines is 1. The molecular weight excluding hydrogens is 424 g/mol. The second kappa shape index (κ2) is 7.21. The van der Waals surface area contributed by atoms with E-state index in [1.165, 1.54) is 14.0 Å². The second-order valence-corrected chi connectivity index (χ2v) is 9.76. The van der Waals surface area contributed by atoms with E-state index < -0.39 is 40.5 Å². The van der Waals surface area contributed by atoms with Crippen molar-refractivity contribution < 1.29 is 28.9 Å². The third-order valence-corrected chi connectivity index (χ3v) is 8.62. The van der Waals surface area contributed by atoms with Crippen molar-refractivity contribution in [2.24, 2.45) is 5.41 Å². The Morgan fingerprint density at radius 1 is 1.24 bits per heavy atom. The van der Waals surface area contributed by atoms with Crippen LogP contribution in [0, 0.1) is 5.41 Å². The molecule has 0 bridgehead atoms. The Bertz CT molecular complexity index is 1040. The van der Waals surface area contributed by atoms with E-state index in [2.05, 4.69) is 23.1 Å². The first kappa shape index (κ1) is 22.2. The average Bonchev–Trinajstić information content (AvgIpc) is 3.32. The van der Waals surface area contributed by atoms with Gasteiger partial charge >= 0.3 is 11.9 Å². The first-order valence-electron chi connectivity index (χ1n) is 11.5. The van der Waals surface area contributed by atoms with Gasteiger partial charge in [0.1, 0.15) is 5.75 Å². The molecule has 3 heterocycles. The van der Waals surface area contributed by atoms with Crippen LogP contribution in [0.15, 0.2) is 30.4 Å². The van der Waals surface area contributed by atoms with E-state index in [0.717, 1.165) is 30.8 Å². The third-order valence-electron chi connectivity index (χ3n) is 8.62. The van der Waals surface area contributed by atoms with E-state index in [4.69, 9.17) is 14.2 Å². The lowest BCUT2D eigenvalue weighted by Gasteiger charge is -2.63. The standard InChI is InChI=1S/C25H32N2O6/c1-6-23-10-7-12-27-13-11-24(19(23)27)17-9-8-16(31-4)14-18(17)26(3)20(24)25(30,22(29)32-5)21(23)33-15(2)28/h7-10,14,19-21,30H,6,11-13H2,1-5H3/t19-,20?,21+,23+,24+,25?/m0/s1. The molecule has 4 aliphatic rings. The molecular formula is C25H32N2O6. The lowest BCUT2D eigenvalue weighted by atomic mass is 9.47. The van der Waals surface area contributed by atoms with Gasteiger partial charge in [0, 0.05) is 49.1 Å². The fourth-order valence-corrected chi connectivity index (χ4v) is 7.68. The Labute approximate surface area is 194 Å². The fourth-order valence-electron chi connectivity index (χ4n) is 7.68. The minimum atomic E-state index is -2.08. The van der Waals surface area contributed by atoms with Crippen LogP contribution in [0.5, 0.6) is 5.75 Å². The molecule has 1 saturated carbocycles. The van der Waals surface area contributed by atoms with Crippen LogP contribution in [0.25, 0.3) is 0 Å². The Kier molecular flexibility index (Phi) is 4.85. The zero-order chi connectivity index (χ0) is 23.8. The number of likely N-dealkylation sites (N-methyl/N-ethyl adjacent to an activating group) is 1. The van der Waals surface area contributed by atoms with Crippen LogP contribution in [-0.4, -0.2) is 80.1 Å². The molecule has 0 amide bonds. The predicted octanol–water partition coefficient (Wildman–Crippen LogP) is 1.64. The summed E-state index contributed by atoms with van der Waals surface area (Å²) in [5.41, 5.74) is -1.41. The van der Waals surface area contributed by atoms with Gasteiger partial charge in [-0.2, -0.15) is 0 Å². The van der Waals surface area contributed by atoms with Gasteiger partial charge < -0.3 is 24.2 Å². The first-order chi connectivity index (χ1) is 15.7. The average molecular weight is 457 g/mol. The summed E-state index contributed by atoms with van der Waals surface area (Å²) in [7, 11) is 4.77. The SMILES string of the molecule is CC[C@]12C=CCN3CC[C@@]4(c5ccc(OC)cc5N(C)C4C(O)(C(=O)OC)[C@@H]1OC(C)=O)[C@@H]32. The maximum atomic E-state index is 13.5. The highest BCUT2D eigenvalue weighted by Gasteiger charge is 2.80. The third kappa shape index (κ3) is 2.48. The minimum absolute atomic E-state index is 0.0589. The molecule has 8 heteroatoms.